The minimum Gasteiger partial charge on any atom is -0.457 e. The lowest BCUT2D eigenvalue weighted by Crippen LogP contribution is -2.50. The van der Waals surface area contributed by atoms with E-state index in [0.717, 1.165) is 71.6 Å². The zero-order chi connectivity index (χ0) is 38.3. The smallest absolute Gasteiger partial charge is 0.319 e. The molecule has 0 saturated carbocycles. The first-order valence-electron chi connectivity index (χ1n) is 19.5. The van der Waals surface area contributed by atoms with E-state index in [2.05, 4.69) is 64.9 Å². The highest BCUT2D eigenvalue weighted by molar-refractivity contribution is 5.89. The number of likely N-dealkylation sites (tertiary alicyclic amines) is 1. The number of nitrogens with zero attached hydrogens (tertiary/aromatic N) is 1. The van der Waals surface area contributed by atoms with Gasteiger partial charge in [-0.2, -0.15) is 0 Å². The molecule has 0 aromatic heterocycles. The number of hydrogen-bond acceptors (Lipinski definition) is 8. The predicted octanol–water partition coefficient (Wildman–Crippen LogP) is 8.59. The highest BCUT2D eigenvalue weighted by atomic mass is 16.7. The van der Waals surface area contributed by atoms with Gasteiger partial charge in [0.25, 0.3) is 0 Å². The maximum Gasteiger partial charge on any atom is 0.319 e. The number of hydrogen-bond donors (Lipinski definition) is 3. The van der Waals surface area contributed by atoms with Crippen LogP contribution in [-0.2, 0) is 32.1 Å². The number of aliphatic hydroxyl groups is 1. The lowest BCUT2D eigenvalue weighted by atomic mass is 9.89. The average molecular weight is 756 g/mol. The maximum absolute atomic E-state index is 12.9. The summed E-state index contributed by atoms with van der Waals surface area (Å²) in [5.74, 6) is 1.10. The predicted molar refractivity (Wildman–Crippen MR) is 214 cm³/mol. The molecule has 0 aliphatic carbocycles. The Morgan fingerprint density at radius 1 is 0.786 bits per heavy atom. The molecular formula is C46H49N3O7. The molecular weight excluding hydrogens is 707 g/mol. The van der Waals surface area contributed by atoms with Crippen LogP contribution >= 0.6 is 0 Å². The lowest BCUT2D eigenvalue weighted by Gasteiger charge is -2.44. The van der Waals surface area contributed by atoms with Gasteiger partial charge in [-0.3, -0.25) is 0 Å². The van der Waals surface area contributed by atoms with Gasteiger partial charge in [0.05, 0.1) is 32.0 Å². The number of aliphatic hydroxyl groups excluding tert-OH is 1. The molecule has 5 aromatic carbocycles. The standard InChI is InChI=1S/C46H49N3O7/c1-32-42(30-49-25-23-46(24-26-49)52-27-28-53-46)55-44(56-43(32)35-13-11-33(31-50)12-14-35)36-17-15-34(16-18-36)41-10-6-5-7-37(41)29-47-45(51)48-38-19-21-40(22-20-38)54-39-8-3-2-4-9-39/h2-22,32,42-44,50H,23-31H2,1H3,(H2,47,48,51). The molecule has 2 amide bonds. The molecule has 4 unspecified atom stereocenters. The largest absolute Gasteiger partial charge is 0.457 e. The van der Waals surface area contributed by atoms with Crippen LogP contribution < -0.4 is 15.4 Å². The number of amides is 2. The van der Waals surface area contributed by atoms with Crippen LogP contribution in [0.1, 0.15) is 54.4 Å². The van der Waals surface area contributed by atoms with Crippen molar-refractivity contribution in [3.63, 3.8) is 0 Å². The number of nitrogens with one attached hydrogen (secondary N) is 2. The molecule has 10 nitrogen and oxygen atoms in total. The van der Waals surface area contributed by atoms with Gasteiger partial charge in [-0.05, 0) is 64.2 Å². The molecule has 4 atom stereocenters. The van der Waals surface area contributed by atoms with Gasteiger partial charge in [0.1, 0.15) is 11.5 Å². The molecule has 3 N–H and O–H groups in total. The third kappa shape index (κ3) is 8.97. The average Bonchev–Trinajstić information content (AvgIpc) is 3.71. The van der Waals surface area contributed by atoms with Crippen molar-refractivity contribution in [3.05, 3.63) is 150 Å². The quantitative estimate of drug-likeness (QED) is 0.123. The van der Waals surface area contributed by atoms with Crippen molar-refractivity contribution >= 4 is 11.7 Å². The van der Waals surface area contributed by atoms with E-state index < -0.39 is 12.1 Å². The molecule has 0 bridgehead atoms. The van der Waals surface area contributed by atoms with E-state index in [4.69, 9.17) is 23.7 Å². The van der Waals surface area contributed by atoms with Crippen molar-refractivity contribution in [3.8, 4) is 22.6 Å². The summed E-state index contributed by atoms with van der Waals surface area (Å²) in [6.45, 7) is 6.43. The minimum absolute atomic E-state index is 0.00117. The molecule has 56 heavy (non-hydrogen) atoms. The number of urea groups is 1. The number of ether oxygens (including phenoxy) is 5. The van der Waals surface area contributed by atoms with Gasteiger partial charge in [-0.1, -0.05) is 97.9 Å². The molecule has 3 fully saturated rings. The normalized spacial score (nSPS) is 22.1. The number of piperidine rings is 1. The van der Waals surface area contributed by atoms with E-state index in [9.17, 15) is 9.90 Å². The van der Waals surface area contributed by atoms with E-state index in [-0.39, 0.29) is 30.8 Å². The van der Waals surface area contributed by atoms with E-state index in [1.54, 1.807) is 0 Å². The van der Waals surface area contributed by atoms with Gasteiger partial charge in [0.15, 0.2) is 12.1 Å². The number of carbonyl (C=O) groups excluding carboxylic acids is 1. The molecule has 3 aliphatic rings. The summed E-state index contributed by atoms with van der Waals surface area (Å²) in [6.07, 6.45) is 0.867. The van der Waals surface area contributed by atoms with E-state index in [0.29, 0.717) is 31.2 Å². The SMILES string of the molecule is CC1C(CN2CCC3(CC2)OCCO3)OC(c2ccc(-c3ccccc3CNC(=O)Nc3ccc(Oc4ccccc4)cc3)cc2)OC1c1ccc(CO)cc1. The fraction of sp³-hybridized carbons (Fsp3) is 0.326. The summed E-state index contributed by atoms with van der Waals surface area (Å²) >= 11 is 0. The first-order valence-corrected chi connectivity index (χ1v) is 19.5. The third-order valence-corrected chi connectivity index (χ3v) is 11.0. The number of para-hydroxylation sites is 1. The van der Waals surface area contributed by atoms with Crippen LogP contribution in [0.2, 0.25) is 0 Å². The van der Waals surface area contributed by atoms with E-state index in [1.165, 1.54) is 0 Å². The monoisotopic (exact) mass is 755 g/mol. The first kappa shape index (κ1) is 37.8. The Bertz CT molecular complexity index is 2030. The molecule has 5 aromatic rings. The molecule has 0 radical (unpaired) electrons. The Kier molecular flexibility index (Phi) is 11.7. The number of carbonyl (C=O) groups is 1. The molecule has 10 heteroatoms. The summed E-state index contributed by atoms with van der Waals surface area (Å²) in [5.41, 5.74) is 6.57. The highest BCUT2D eigenvalue weighted by Gasteiger charge is 2.43. The van der Waals surface area contributed by atoms with Crippen molar-refractivity contribution in [1.82, 2.24) is 10.2 Å². The second-order valence-electron chi connectivity index (χ2n) is 14.8. The Morgan fingerprint density at radius 3 is 2.16 bits per heavy atom. The van der Waals surface area contributed by atoms with Gasteiger partial charge in [-0.25, -0.2) is 4.79 Å². The summed E-state index contributed by atoms with van der Waals surface area (Å²) in [4.78, 5) is 15.4. The molecule has 8 rings (SSSR count). The van der Waals surface area contributed by atoms with Crippen molar-refractivity contribution in [2.45, 2.75) is 57.2 Å². The maximum atomic E-state index is 12.9. The van der Waals surface area contributed by atoms with Gasteiger partial charge in [0.2, 0.25) is 0 Å². The molecule has 1 spiro atoms. The first-order chi connectivity index (χ1) is 27.4. The van der Waals surface area contributed by atoms with Crippen LogP contribution in [0.15, 0.2) is 127 Å². The Balaban J connectivity index is 0.925. The Morgan fingerprint density at radius 2 is 1.45 bits per heavy atom. The van der Waals surface area contributed by atoms with Gasteiger partial charge in [-0.15, -0.1) is 0 Å². The van der Waals surface area contributed by atoms with Crippen LogP contribution in [0.3, 0.4) is 0 Å². The van der Waals surface area contributed by atoms with Gasteiger partial charge < -0.3 is 44.3 Å². The van der Waals surface area contributed by atoms with Crippen LogP contribution in [0, 0.1) is 5.92 Å². The second-order valence-corrected chi connectivity index (χ2v) is 14.8. The molecule has 3 heterocycles. The lowest BCUT2D eigenvalue weighted by molar-refractivity contribution is -0.278. The summed E-state index contributed by atoms with van der Waals surface area (Å²) in [7, 11) is 0. The summed E-state index contributed by atoms with van der Waals surface area (Å²) in [6, 6.07) is 41.0. The second kappa shape index (κ2) is 17.4. The molecule has 290 valence electrons. The van der Waals surface area contributed by atoms with Crippen molar-refractivity contribution < 1.29 is 33.6 Å². The van der Waals surface area contributed by atoms with Crippen LogP contribution in [0.4, 0.5) is 10.5 Å². The van der Waals surface area contributed by atoms with Crippen molar-refractivity contribution in [1.29, 1.82) is 0 Å². The summed E-state index contributed by atoms with van der Waals surface area (Å²) in [5, 5.41) is 15.6. The fourth-order valence-corrected chi connectivity index (χ4v) is 7.80. The Labute approximate surface area is 328 Å². The number of rotatable bonds is 11. The van der Waals surface area contributed by atoms with Crippen LogP contribution in [0.25, 0.3) is 11.1 Å². The zero-order valence-corrected chi connectivity index (χ0v) is 31.6. The fourth-order valence-electron chi connectivity index (χ4n) is 7.80. The highest BCUT2D eigenvalue weighted by Crippen LogP contribution is 2.43. The third-order valence-electron chi connectivity index (χ3n) is 11.0. The number of benzene rings is 5. The van der Waals surface area contributed by atoms with Crippen molar-refractivity contribution in [2.24, 2.45) is 5.92 Å². The summed E-state index contributed by atoms with van der Waals surface area (Å²) < 4.78 is 31.4. The molecule has 3 aliphatic heterocycles. The Hall–Kier alpha value is -5.07. The number of anilines is 1. The minimum atomic E-state index is -0.565. The van der Waals surface area contributed by atoms with Crippen molar-refractivity contribution in [2.75, 3.05) is 38.2 Å². The topological polar surface area (TPSA) is 111 Å². The van der Waals surface area contributed by atoms with E-state index in [1.807, 2.05) is 84.9 Å². The molecule has 3 saturated heterocycles. The van der Waals surface area contributed by atoms with Gasteiger partial charge >= 0.3 is 6.03 Å². The van der Waals surface area contributed by atoms with Gasteiger partial charge in [0, 0.05) is 56.2 Å². The van der Waals surface area contributed by atoms with Crippen LogP contribution in [0.5, 0.6) is 11.5 Å². The van der Waals surface area contributed by atoms with E-state index >= 15 is 0 Å². The van der Waals surface area contributed by atoms with Crippen LogP contribution in [-0.4, -0.2) is 60.8 Å². The zero-order valence-electron chi connectivity index (χ0n) is 31.6.